The Bertz CT molecular complexity index is 658. The molecule has 5 nitrogen and oxygen atoms in total. The molecule has 0 radical (unpaired) electrons. The number of halogens is 2. The Morgan fingerprint density at radius 1 is 1.53 bits per heavy atom. The minimum Gasteiger partial charge on any atom is -0.481 e. The van der Waals surface area contributed by atoms with Gasteiger partial charge in [0, 0.05) is 10.0 Å². The fourth-order valence-corrected chi connectivity index (χ4v) is 2.44. The Balaban J connectivity index is 1.88. The SMILES string of the molecule is O=C(O)C1CC1c1nc(-c2ccc(F)cc2Br)no1. The molecule has 19 heavy (non-hydrogen) atoms. The molecule has 1 aliphatic rings. The van der Waals surface area contributed by atoms with Crippen molar-refractivity contribution in [1.82, 2.24) is 10.1 Å². The third kappa shape index (κ3) is 2.25. The lowest BCUT2D eigenvalue weighted by atomic mass is 10.2. The standard InChI is InChI=1S/C12H8BrFN2O3/c13-9-3-5(14)1-2-6(9)10-15-11(19-16-10)7-4-8(7)12(17)18/h1-3,7-8H,4H2,(H,17,18). The smallest absolute Gasteiger partial charge is 0.307 e. The molecule has 2 aromatic rings. The number of carboxylic acid groups (broad SMARTS) is 1. The predicted octanol–water partition coefficient (Wildman–Crippen LogP) is 2.83. The zero-order valence-electron chi connectivity index (χ0n) is 9.51. The summed E-state index contributed by atoms with van der Waals surface area (Å²) in [5, 5.41) is 12.6. The first-order valence-electron chi connectivity index (χ1n) is 5.58. The van der Waals surface area contributed by atoms with Crippen molar-refractivity contribution >= 4 is 21.9 Å². The zero-order chi connectivity index (χ0) is 13.6. The van der Waals surface area contributed by atoms with E-state index in [4.69, 9.17) is 9.63 Å². The van der Waals surface area contributed by atoms with E-state index in [1.807, 2.05) is 0 Å². The number of hydrogen-bond acceptors (Lipinski definition) is 4. The van der Waals surface area contributed by atoms with Gasteiger partial charge in [0.2, 0.25) is 11.7 Å². The van der Waals surface area contributed by atoms with Crippen molar-refractivity contribution in [2.45, 2.75) is 12.3 Å². The Morgan fingerprint density at radius 3 is 2.95 bits per heavy atom. The van der Waals surface area contributed by atoms with Gasteiger partial charge >= 0.3 is 5.97 Å². The minimum atomic E-state index is -0.854. The topological polar surface area (TPSA) is 76.2 Å². The Morgan fingerprint density at radius 2 is 2.32 bits per heavy atom. The van der Waals surface area contributed by atoms with Crippen molar-refractivity contribution in [2.24, 2.45) is 5.92 Å². The summed E-state index contributed by atoms with van der Waals surface area (Å²) in [4.78, 5) is 14.9. The molecule has 0 saturated heterocycles. The predicted molar refractivity (Wildman–Crippen MR) is 65.9 cm³/mol. The number of aromatic nitrogens is 2. The molecule has 1 aromatic carbocycles. The second-order valence-electron chi connectivity index (χ2n) is 4.37. The summed E-state index contributed by atoms with van der Waals surface area (Å²) in [6, 6.07) is 4.14. The second kappa shape index (κ2) is 4.41. The molecule has 0 amide bonds. The van der Waals surface area contributed by atoms with E-state index < -0.39 is 11.9 Å². The number of hydrogen-bond donors (Lipinski definition) is 1. The van der Waals surface area contributed by atoms with Gasteiger partial charge in [-0.1, -0.05) is 5.16 Å². The lowest BCUT2D eigenvalue weighted by Gasteiger charge is -1.98. The monoisotopic (exact) mass is 326 g/mol. The normalized spacial score (nSPS) is 21.4. The molecular formula is C12H8BrFN2O3. The van der Waals surface area contributed by atoms with Crippen LogP contribution in [0, 0.1) is 11.7 Å². The number of benzene rings is 1. The summed E-state index contributed by atoms with van der Waals surface area (Å²) < 4.78 is 18.6. The van der Waals surface area contributed by atoms with E-state index in [1.54, 1.807) is 0 Å². The molecule has 1 saturated carbocycles. The van der Waals surface area contributed by atoms with E-state index in [0.717, 1.165) is 0 Å². The highest BCUT2D eigenvalue weighted by atomic mass is 79.9. The quantitative estimate of drug-likeness (QED) is 0.938. The zero-order valence-corrected chi connectivity index (χ0v) is 11.1. The molecule has 2 unspecified atom stereocenters. The molecule has 1 aromatic heterocycles. The molecule has 0 spiro atoms. The Labute approximate surface area is 115 Å². The van der Waals surface area contributed by atoms with Crippen molar-refractivity contribution in [3.8, 4) is 11.4 Å². The van der Waals surface area contributed by atoms with Gasteiger partial charge in [-0.15, -0.1) is 0 Å². The third-order valence-corrected chi connectivity index (χ3v) is 3.69. The maximum atomic E-state index is 13.0. The van der Waals surface area contributed by atoms with Crippen LogP contribution in [0.1, 0.15) is 18.2 Å². The average molecular weight is 327 g/mol. The highest BCUT2D eigenvalue weighted by molar-refractivity contribution is 9.10. The maximum Gasteiger partial charge on any atom is 0.307 e. The van der Waals surface area contributed by atoms with Crippen LogP contribution in [0.3, 0.4) is 0 Å². The Kier molecular flexibility index (Phi) is 2.85. The summed E-state index contributed by atoms with van der Waals surface area (Å²) in [5.74, 6) is -1.24. The number of nitrogens with zero attached hydrogens (tertiary/aromatic N) is 2. The van der Waals surface area contributed by atoms with Crippen molar-refractivity contribution in [1.29, 1.82) is 0 Å². The minimum absolute atomic E-state index is 0.210. The summed E-state index contributed by atoms with van der Waals surface area (Å²) in [6.07, 6.45) is 0.515. The molecule has 7 heteroatoms. The third-order valence-electron chi connectivity index (χ3n) is 3.04. The number of rotatable bonds is 3. The Hall–Kier alpha value is -1.76. The molecule has 0 bridgehead atoms. The van der Waals surface area contributed by atoms with Gasteiger partial charge in [0.15, 0.2) is 0 Å². The first-order chi connectivity index (χ1) is 9.06. The van der Waals surface area contributed by atoms with E-state index in [2.05, 4.69) is 26.1 Å². The maximum absolute atomic E-state index is 13.0. The van der Waals surface area contributed by atoms with Crippen molar-refractivity contribution < 1.29 is 18.8 Å². The van der Waals surface area contributed by atoms with Crippen LogP contribution >= 0.6 is 15.9 Å². The first kappa shape index (κ1) is 12.3. The molecule has 0 aliphatic heterocycles. The van der Waals surface area contributed by atoms with E-state index in [-0.39, 0.29) is 11.7 Å². The van der Waals surface area contributed by atoms with Crippen molar-refractivity contribution in [2.75, 3.05) is 0 Å². The van der Waals surface area contributed by atoms with Gasteiger partial charge in [0.05, 0.1) is 11.8 Å². The lowest BCUT2D eigenvalue weighted by Crippen LogP contribution is -1.98. The van der Waals surface area contributed by atoms with Gasteiger partial charge in [-0.3, -0.25) is 4.79 Å². The van der Waals surface area contributed by atoms with Crippen molar-refractivity contribution in [3.05, 3.63) is 34.4 Å². The summed E-state index contributed by atoms with van der Waals surface area (Å²) in [6.45, 7) is 0. The van der Waals surface area contributed by atoms with Crippen LogP contribution in [-0.4, -0.2) is 21.2 Å². The van der Waals surface area contributed by atoms with Gasteiger partial charge in [-0.2, -0.15) is 4.98 Å². The van der Waals surface area contributed by atoms with Crippen LogP contribution in [-0.2, 0) is 4.79 Å². The number of aliphatic carboxylic acids is 1. The van der Waals surface area contributed by atoms with Crippen LogP contribution < -0.4 is 0 Å². The van der Waals surface area contributed by atoms with Gasteiger partial charge in [-0.05, 0) is 40.5 Å². The molecule has 1 N–H and O–H groups in total. The molecule has 98 valence electrons. The van der Waals surface area contributed by atoms with Gasteiger partial charge in [-0.25, -0.2) is 4.39 Å². The fourth-order valence-electron chi connectivity index (χ4n) is 1.91. The van der Waals surface area contributed by atoms with Crippen molar-refractivity contribution in [3.63, 3.8) is 0 Å². The highest BCUT2D eigenvalue weighted by Crippen LogP contribution is 2.47. The van der Waals surface area contributed by atoms with Crippen LogP contribution in [0.15, 0.2) is 27.2 Å². The molecule has 1 fully saturated rings. The number of carbonyl (C=O) groups is 1. The van der Waals surface area contributed by atoms with E-state index in [9.17, 15) is 9.18 Å². The fraction of sp³-hybridized carbons (Fsp3) is 0.250. The molecule has 1 heterocycles. The van der Waals surface area contributed by atoms with E-state index >= 15 is 0 Å². The summed E-state index contributed by atoms with van der Waals surface area (Å²) in [7, 11) is 0. The molecule has 1 aliphatic carbocycles. The van der Waals surface area contributed by atoms with Gasteiger partial charge in [0.25, 0.3) is 0 Å². The summed E-state index contributed by atoms with van der Waals surface area (Å²) in [5.41, 5.74) is 0.601. The highest BCUT2D eigenvalue weighted by Gasteiger charge is 2.48. The lowest BCUT2D eigenvalue weighted by molar-refractivity contribution is -0.138. The largest absolute Gasteiger partial charge is 0.481 e. The van der Waals surface area contributed by atoms with Crippen LogP contribution in [0.2, 0.25) is 0 Å². The second-order valence-corrected chi connectivity index (χ2v) is 5.22. The van der Waals surface area contributed by atoms with Gasteiger partial charge < -0.3 is 9.63 Å². The molecule has 2 atom stereocenters. The van der Waals surface area contributed by atoms with Crippen LogP contribution in [0.5, 0.6) is 0 Å². The summed E-state index contributed by atoms with van der Waals surface area (Å²) >= 11 is 3.23. The average Bonchev–Trinajstić information content (AvgIpc) is 3.01. The molecular weight excluding hydrogens is 319 g/mol. The molecule has 3 rings (SSSR count). The van der Waals surface area contributed by atoms with E-state index in [0.29, 0.717) is 28.2 Å². The van der Waals surface area contributed by atoms with E-state index in [1.165, 1.54) is 18.2 Å². The first-order valence-corrected chi connectivity index (χ1v) is 6.37. The number of carboxylic acids is 1. The van der Waals surface area contributed by atoms with Gasteiger partial charge in [0.1, 0.15) is 5.82 Å². The van der Waals surface area contributed by atoms with Crippen LogP contribution in [0.4, 0.5) is 4.39 Å². The van der Waals surface area contributed by atoms with Crippen LogP contribution in [0.25, 0.3) is 11.4 Å².